The summed E-state index contributed by atoms with van der Waals surface area (Å²) in [5, 5.41) is 6.41. The molecule has 2 aromatic rings. The Kier molecular flexibility index (Phi) is 6.09. The fraction of sp³-hybridized carbons (Fsp3) is 0.333. The minimum Gasteiger partial charge on any atom is -0.482 e. The van der Waals surface area contributed by atoms with Crippen molar-refractivity contribution in [2.75, 3.05) is 19.0 Å². The molecule has 0 unspecified atom stereocenters. The fourth-order valence-electron chi connectivity index (χ4n) is 2.58. The van der Waals surface area contributed by atoms with Crippen molar-refractivity contribution in [2.45, 2.75) is 27.3 Å². The molecule has 0 aliphatic carbocycles. The number of H-pyrrole nitrogens is 1. The highest BCUT2D eigenvalue weighted by atomic mass is 35.5. The first-order chi connectivity index (χ1) is 11.9. The fourth-order valence-corrected chi connectivity index (χ4v) is 2.80. The Bertz CT molecular complexity index is 846. The maximum Gasteiger partial charge on any atom is 0.251 e. The Balaban J connectivity index is 2.26. The molecular weight excluding hydrogens is 342 g/mol. The average Bonchev–Trinajstić information content (AvgIpc) is 2.56. The van der Waals surface area contributed by atoms with Crippen molar-refractivity contribution in [1.82, 2.24) is 10.3 Å². The lowest BCUT2D eigenvalue weighted by molar-refractivity contribution is 0.0950. The number of benzene rings is 1. The minimum atomic E-state index is -0.304. The van der Waals surface area contributed by atoms with E-state index in [9.17, 15) is 9.59 Å². The zero-order valence-corrected chi connectivity index (χ0v) is 15.5. The third-order valence-corrected chi connectivity index (χ3v) is 4.06. The number of carbonyl (C=O) groups is 1. The monoisotopic (exact) mass is 363 g/mol. The lowest BCUT2D eigenvalue weighted by Crippen LogP contribution is -2.27. The maximum atomic E-state index is 12.6. The highest BCUT2D eigenvalue weighted by Crippen LogP contribution is 2.25. The third kappa shape index (κ3) is 4.33. The van der Waals surface area contributed by atoms with Crippen LogP contribution in [0, 0.1) is 13.8 Å². The van der Waals surface area contributed by atoms with Gasteiger partial charge in [0.15, 0.2) is 11.3 Å². The number of ether oxygens (including phenoxy) is 1. The topological polar surface area (TPSA) is 83.2 Å². The molecule has 0 saturated heterocycles. The first-order valence-electron chi connectivity index (χ1n) is 7.96. The number of rotatable bonds is 6. The van der Waals surface area contributed by atoms with Crippen LogP contribution in [0.2, 0.25) is 5.02 Å². The van der Waals surface area contributed by atoms with E-state index < -0.39 is 0 Å². The van der Waals surface area contributed by atoms with Crippen LogP contribution in [-0.4, -0.2) is 24.5 Å². The van der Waals surface area contributed by atoms with Gasteiger partial charge < -0.3 is 20.4 Å². The van der Waals surface area contributed by atoms with Gasteiger partial charge in [-0.25, -0.2) is 0 Å². The van der Waals surface area contributed by atoms with Gasteiger partial charge in [0, 0.05) is 34.6 Å². The Hall–Kier alpha value is -2.47. The summed E-state index contributed by atoms with van der Waals surface area (Å²) in [6, 6.07) is 4.87. The van der Waals surface area contributed by atoms with Gasteiger partial charge >= 0.3 is 0 Å². The molecule has 3 N–H and O–H groups in total. The van der Waals surface area contributed by atoms with Crippen LogP contribution in [0.3, 0.4) is 0 Å². The molecule has 1 amide bonds. The van der Waals surface area contributed by atoms with Crippen LogP contribution < -0.4 is 20.8 Å². The number of hydrogen-bond acceptors (Lipinski definition) is 4. The zero-order chi connectivity index (χ0) is 18.6. The van der Waals surface area contributed by atoms with E-state index in [2.05, 4.69) is 15.6 Å². The summed E-state index contributed by atoms with van der Waals surface area (Å²) < 4.78 is 5.20. The van der Waals surface area contributed by atoms with Crippen molar-refractivity contribution >= 4 is 23.2 Å². The molecule has 2 rings (SSSR count). The second-order valence-electron chi connectivity index (χ2n) is 5.67. The van der Waals surface area contributed by atoms with Crippen LogP contribution in [0.4, 0.5) is 5.69 Å². The maximum absolute atomic E-state index is 12.6. The Labute approximate surface area is 151 Å². The van der Waals surface area contributed by atoms with Crippen molar-refractivity contribution in [1.29, 1.82) is 0 Å². The van der Waals surface area contributed by atoms with E-state index in [1.165, 1.54) is 13.2 Å². The van der Waals surface area contributed by atoms with Gasteiger partial charge in [-0.3, -0.25) is 9.59 Å². The van der Waals surface area contributed by atoms with E-state index in [-0.39, 0.29) is 17.9 Å². The average molecular weight is 364 g/mol. The number of carbonyl (C=O) groups excluding carboxylic acids is 1. The number of halogens is 1. The van der Waals surface area contributed by atoms with Crippen molar-refractivity contribution < 1.29 is 9.53 Å². The molecule has 0 fully saturated rings. The smallest absolute Gasteiger partial charge is 0.251 e. The van der Waals surface area contributed by atoms with Gasteiger partial charge in [-0.05, 0) is 38.5 Å². The lowest BCUT2D eigenvalue weighted by atomic mass is 10.1. The molecule has 1 aromatic carbocycles. The molecule has 1 aromatic heterocycles. The molecule has 25 heavy (non-hydrogen) atoms. The van der Waals surface area contributed by atoms with Gasteiger partial charge in [0.25, 0.3) is 5.91 Å². The van der Waals surface area contributed by atoms with Crippen LogP contribution in [0.5, 0.6) is 5.88 Å². The number of nitrogens with one attached hydrogen (secondary N) is 3. The molecule has 0 aliphatic heterocycles. The van der Waals surface area contributed by atoms with Crippen LogP contribution >= 0.6 is 11.6 Å². The summed E-state index contributed by atoms with van der Waals surface area (Å²) >= 11 is 6.11. The number of aromatic nitrogens is 1. The first-order valence-corrected chi connectivity index (χ1v) is 8.34. The number of anilines is 1. The molecule has 0 spiro atoms. The van der Waals surface area contributed by atoms with Gasteiger partial charge in [-0.1, -0.05) is 11.6 Å². The second-order valence-corrected chi connectivity index (χ2v) is 6.10. The number of amides is 1. The van der Waals surface area contributed by atoms with Gasteiger partial charge in [-0.2, -0.15) is 0 Å². The van der Waals surface area contributed by atoms with Crippen molar-refractivity contribution in [2.24, 2.45) is 0 Å². The molecule has 134 valence electrons. The van der Waals surface area contributed by atoms with Crippen LogP contribution in [-0.2, 0) is 6.54 Å². The summed E-state index contributed by atoms with van der Waals surface area (Å²) in [4.78, 5) is 27.7. The van der Waals surface area contributed by atoms with Crippen molar-refractivity contribution in [3.8, 4) is 5.88 Å². The van der Waals surface area contributed by atoms with E-state index in [4.69, 9.17) is 16.3 Å². The highest BCUT2D eigenvalue weighted by Gasteiger charge is 2.15. The summed E-state index contributed by atoms with van der Waals surface area (Å²) in [7, 11) is 1.47. The van der Waals surface area contributed by atoms with Gasteiger partial charge in [0.2, 0.25) is 0 Å². The molecule has 0 radical (unpaired) electrons. The van der Waals surface area contributed by atoms with E-state index >= 15 is 0 Å². The predicted molar refractivity (Wildman–Crippen MR) is 99.9 cm³/mol. The largest absolute Gasteiger partial charge is 0.482 e. The molecule has 1 heterocycles. The summed E-state index contributed by atoms with van der Waals surface area (Å²) in [5.74, 6) is 0.0441. The number of pyridine rings is 1. The zero-order valence-electron chi connectivity index (χ0n) is 14.7. The lowest BCUT2D eigenvalue weighted by Gasteiger charge is -2.14. The van der Waals surface area contributed by atoms with E-state index in [0.29, 0.717) is 27.7 Å². The third-order valence-electron chi connectivity index (χ3n) is 3.84. The second kappa shape index (κ2) is 8.07. The van der Waals surface area contributed by atoms with Crippen molar-refractivity contribution in [3.63, 3.8) is 0 Å². The summed E-state index contributed by atoms with van der Waals surface area (Å²) in [6.45, 7) is 6.36. The molecular formula is C18H22ClN3O3. The molecule has 0 bridgehead atoms. The number of hydrogen-bond donors (Lipinski definition) is 3. The van der Waals surface area contributed by atoms with Crippen LogP contribution in [0.25, 0.3) is 0 Å². The number of methoxy groups -OCH3 is 1. The van der Waals surface area contributed by atoms with Gasteiger partial charge in [0.05, 0.1) is 19.2 Å². The predicted octanol–water partition coefficient (Wildman–Crippen LogP) is 3.02. The highest BCUT2D eigenvalue weighted by molar-refractivity contribution is 6.31. The molecule has 7 heteroatoms. The standard InChI is InChI=1S/C18H22ClN3O3/c1-5-20-15-8-12(19)7-13(11(15)3)17(24)21-9-14-16(23)6-10(2)22-18(14)25-4/h6-8,20H,5,9H2,1-4H3,(H,21,24)(H,22,23). The summed E-state index contributed by atoms with van der Waals surface area (Å²) in [6.07, 6.45) is 0. The Morgan fingerprint density at radius 1 is 1.28 bits per heavy atom. The van der Waals surface area contributed by atoms with Gasteiger partial charge in [-0.15, -0.1) is 0 Å². The SMILES string of the molecule is CCNc1cc(Cl)cc(C(=O)NCc2c(OC)[nH]c(C)cc2=O)c1C. The van der Waals surface area contributed by atoms with Crippen LogP contribution in [0.15, 0.2) is 23.0 Å². The number of aryl methyl sites for hydroxylation is 1. The normalized spacial score (nSPS) is 10.4. The summed E-state index contributed by atoms with van der Waals surface area (Å²) in [5.41, 5.74) is 2.95. The Morgan fingerprint density at radius 2 is 2.00 bits per heavy atom. The molecule has 0 atom stereocenters. The Morgan fingerprint density at radius 3 is 2.64 bits per heavy atom. The first kappa shape index (κ1) is 18.9. The molecule has 0 aliphatic rings. The van der Waals surface area contributed by atoms with E-state index in [1.807, 2.05) is 13.8 Å². The number of aromatic amines is 1. The quantitative estimate of drug-likeness (QED) is 0.736. The van der Waals surface area contributed by atoms with Gasteiger partial charge in [0.1, 0.15) is 0 Å². The minimum absolute atomic E-state index is 0.0557. The van der Waals surface area contributed by atoms with E-state index in [1.54, 1.807) is 19.1 Å². The van der Waals surface area contributed by atoms with Crippen LogP contribution in [0.1, 0.15) is 34.1 Å². The molecule has 0 saturated carbocycles. The van der Waals surface area contributed by atoms with E-state index in [0.717, 1.165) is 17.8 Å². The van der Waals surface area contributed by atoms with Crippen molar-refractivity contribution in [3.05, 3.63) is 55.8 Å². The molecule has 6 nitrogen and oxygen atoms in total.